The summed E-state index contributed by atoms with van der Waals surface area (Å²) < 4.78 is 38.0. The maximum atomic E-state index is 12.9. The SMILES string of the molecule is O=C(c1csc2c1CCCC2)N1CCN(c2ccc(C(F)(F)F)cn2)CC1. The summed E-state index contributed by atoms with van der Waals surface area (Å²) in [7, 11) is 0. The molecular weight excluding hydrogens is 375 g/mol. The standard InChI is InChI=1S/C19H20F3N3OS/c20-19(21,22)13-5-6-17(23-11-13)24-7-9-25(10-8-24)18(26)15-12-27-16-4-2-1-3-14(15)16/h5-6,11-12H,1-4,7-10H2. The molecule has 1 amide bonds. The van der Waals surface area contributed by atoms with Gasteiger partial charge in [-0.3, -0.25) is 4.79 Å². The van der Waals surface area contributed by atoms with E-state index in [-0.39, 0.29) is 5.91 Å². The van der Waals surface area contributed by atoms with Crippen molar-refractivity contribution in [3.8, 4) is 0 Å². The third-order valence-electron chi connectivity index (χ3n) is 5.26. The molecule has 0 saturated carbocycles. The van der Waals surface area contributed by atoms with Crippen LogP contribution in [0.4, 0.5) is 19.0 Å². The number of hydrogen-bond acceptors (Lipinski definition) is 4. The number of pyridine rings is 1. The number of aryl methyl sites for hydroxylation is 1. The van der Waals surface area contributed by atoms with Crippen molar-refractivity contribution >= 4 is 23.1 Å². The van der Waals surface area contributed by atoms with Crippen LogP contribution >= 0.6 is 11.3 Å². The fraction of sp³-hybridized carbons (Fsp3) is 0.474. The van der Waals surface area contributed by atoms with Crippen LogP contribution in [-0.4, -0.2) is 42.0 Å². The molecule has 0 radical (unpaired) electrons. The second-order valence-corrected chi connectivity index (χ2v) is 7.90. The minimum Gasteiger partial charge on any atom is -0.353 e. The third-order valence-corrected chi connectivity index (χ3v) is 6.35. The van der Waals surface area contributed by atoms with Crippen LogP contribution in [0, 0.1) is 0 Å². The Balaban J connectivity index is 1.40. The van der Waals surface area contributed by atoms with E-state index in [1.165, 1.54) is 22.9 Å². The van der Waals surface area contributed by atoms with Crippen molar-refractivity contribution in [1.82, 2.24) is 9.88 Å². The van der Waals surface area contributed by atoms with Gasteiger partial charge < -0.3 is 9.80 Å². The van der Waals surface area contributed by atoms with Gasteiger partial charge in [0.25, 0.3) is 5.91 Å². The van der Waals surface area contributed by atoms with Crippen LogP contribution in [0.2, 0.25) is 0 Å². The highest BCUT2D eigenvalue weighted by molar-refractivity contribution is 7.10. The summed E-state index contributed by atoms with van der Waals surface area (Å²) in [5.74, 6) is 0.595. The molecule has 2 aromatic heterocycles. The van der Waals surface area contributed by atoms with Crippen LogP contribution in [0.5, 0.6) is 0 Å². The molecule has 4 rings (SSSR count). The summed E-state index contributed by atoms with van der Waals surface area (Å²) in [6.07, 6.45) is 0.869. The van der Waals surface area contributed by atoms with Gasteiger partial charge in [0.15, 0.2) is 0 Å². The number of nitrogens with zero attached hydrogens (tertiary/aromatic N) is 3. The van der Waals surface area contributed by atoms with Crippen LogP contribution in [0.15, 0.2) is 23.7 Å². The monoisotopic (exact) mass is 395 g/mol. The molecule has 1 aliphatic carbocycles. The molecule has 144 valence electrons. The van der Waals surface area contributed by atoms with Gasteiger partial charge in [-0.15, -0.1) is 11.3 Å². The minimum absolute atomic E-state index is 0.0782. The van der Waals surface area contributed by atoms with E-state index in [1.807, 2.05) is 15.2 Å². The summed E-state index contributed by atoms with van der Waals surface area (Å²) in [6.45, 7) is 2.23. The number of anilines is 1. The molecule has 0 spiro atoms. The molecular formula is C19H20F3N3OS. The van der Waals surface area contributed by atoms with Gasteiger partial charge in [-0.2, -0.15) is 13.2 Å². The Morgan fingerprint density at radius 3 is 2.48 bits per heavy atom. The number of carbonyl (C=O) groups excluding carboxylic acids is 1. The first-order chi connectivity index (χ1) is 12.9. The predicted octanol–water partition coefficient (Wildman–Crippen LogP) is 4.00. The number of fused-ring (bicyclic) bond motifs is 1. The Labute approximate surface area is 159 Å². The van der Waals surface area contributed by atoms with Crippen LogP contribution in [0.3, 0.4) is 0 Å². The molecule has 0 atom stereocenters. The number of carbonyl (C=O) groups is 1. The van der Waals surface area contributed by atoms with Gasteiger partial charge in [0.1, 0.15) is 5.82 Å². The molecule has 3 heterocycles. The molecule has 8 heteroatoms. The Morgan fingerprint density at radius 1 is 1.07 bits per heavy atom. The highest BCUT2D eigenvalue weighted by atomic mass is 32.1. The van der Waals surface area contributed by atoms with Gasteiger partial charge in [-0.05, 0) is 43.4 Å². The van der Waals surface area contributed by atoms with E-state index in [1.54, 1.807) is 11.3 Å². The number of piperazine rings is 1. The summed E-state index contributed by atoms with van der Waals surface area (Å²) in [4.78, 5) is 22.0. The van der Waals surface area contributed by atoms with Crippen LogP contribution in [0.1, 0.15) is 39.2 Å². The lowest BCUT2D eigenvalue weighted by Crippen LogP contribution is -2.49. The first kappa shape index (κ1) is 18.3. The second-order valence-electron chi connectivity index (χ2n) is 6.94. The lowest BCUT2D eigenvalue weighted by atomic mass is 9.95. The van der Waals surface area contributed by atoms with Crippen molar-refractivity contribution in [2.75, 3.05) is 31.1 Å². The van der Waals surface area contributed by atoms with Crippen molar-refractivity contribution in [2.24, 2.45) is 0 Å². The number of alkyl halides is 3. The highest BCUT2D eigenvalue weighted by Crippen LogP contribution is 2.32. The minimum atomic E-state index is -4.38. The van der Waals surface area contributed by atoms with Gasteiger partial charge in [0, 0.05) is 42.6 Å². The lowest BCUT2D eigenvalue weighted by molar-refractivity contribution is -0.137. The zero-order valence-corrected chi connectivity index (χ0v) is 15.6. The first-order valence-corrected chi connectivity index (χ1v) is 9.98. The number of hydrogen-bond donors (Lipinski definition) is 0. The Bertz CT molecular complexity index is 824. The van der Waals surface area contributed by atoms with E-state index >= 15 is 0 Å². The molecule has 1 fully saturated rings. The fourth-order valence-electron chi connectivity index (χ4n) is 3.72. The fourth-order valence-corrected chi connectivity index (χ4v) is 4.84. The molecule has 0 N–H and O–H groups in total. The third kappa shape index (κ3) is 3.67. The number of halogens is 3. The van der Waals surface area contributed by atoms with Gasteiger partial charge >= 0.3 is 6.18 Å². The van der Waals surface area contributed by atoms with E-state index in [9.17, 15) is 18.0 Å². The van der Waals surface area contributed by atoms with E-state index in [0.29, 0.717) is 32.0 Å². The Kier molecular flexibility index (Phi) is 4.84. The molecule has 1 saturated heterocycles. The molecule has 4 nitrogen and oxygen atoms in total. The van der Waals surface area contributed by atoms with Crippen LogP contribution in [0.25, 0.3) is 0 Å². The second kappa shape index (κ2) is 7.14. The molecule has 2 aliphatic rings. The van der Waals surface area contributed by atoms with Crippen molar-refractivity contribution in [2.45, 2.75) is 31.9 Å². The first-order valence-electron chi connectivity index (χ1n) is 9.10. The topological polar surface area (TPSA) is 36.4 Å². The highest BCUT2D eigenvalue weighted by Gasteiger charge is 2.31. The average Bonchev–Trinajstić information content (AvgIpc) is 3.11. The van der Waals surface area contributed by atoms with Crippen molar-refractivity contribution in [3.05, 3.63) is 45.3 Å². The summed E-state index contributed by atoms with van der Waals surface area (Å²) in [5, 5.41) is 1.99. The van der Waals surface area contributed by atoms with Crippen molar-refractivity contribution in [1.29, 1.82) is 0 Å². The number of rotatable bonds is 2. The van der Waals surface area contributed by atoms with Gasteiger partial charge in [-0.1, -0.05) is 0 Å². The maximum absolute atomic E-state index is 12.9. The zero-order chi connectivity index (χ0) is 19.0. The number of aromatic nitrogens is 1. The van der Waals surface area contributed by atoms with Gasteiger partial charge in [0.2, 0.25) is 0 Å². The Morgan fingerprint density at radius 2 is 1.81 bits per heavy atom. The lowest BCUT2D eigenvalue weighted by Gasteiger charge is -2.35. The number of amides is 1. The van der Waals surface area contributed by atoms with E-state index in [2.05, 4.69) is 4.98 Å². The van der Waals surface area contributed by atoms with Crippen molar-refractivity contribution < 1.29 is 18.0 Å². The summed E-state index contributed by atoms with van der Waals surface area (Å²) in [6, 6.07) is 2.45. The predicted molar refractivity (Wildman–Crippen MR) is 98.3 cm³/mol. The molecule has 0 unspecified atom stereocenters. The molecule has 1 aliphatic heterocycles. The van der Waals surface area contributed by atoms with E-state index in [0.717, 1.165) is 37.1 Å². The largest absolute Gasteiger partial charge is 0.417 e. The smallest absolute Gasteiger partial charge is 0.353 e. The summed E-state index contributed by atoms with van der Waals surface area (Å²) >= 11 is 1.69. The average molecular weight is 395 g/mol. The Hall–Kier alpha value is -2.09. The molecule has 2 aromatic rings. The van der Waals surface area contributed by atoms with Crippen LogP contribution in [-0.2, 0) is 19.0 Å². The quantitative estimate of drug-likeness (QED) is 0.771. The molecule has 0 aromatic carbocycles. The molecule has 27 heavy (non-hydrogen) atoms. The normalized spacial score (nSPS) is 17.7. The van der Waals surface area contributed by atoms with Crippen molar-refractivity contribution in [3.63, 3.8) is 0 Å². The van der Waals surface area contributed by atoms with E-state index < -0.39 is 11.7 Å². The van der Waals surface area contributed by atoms with E-state index in [4.69, 9.17) is 0 Å². The van der Waals surface area contributed by atoms with Crippen LogP contribution < -0.4 is 4.90 Å². The van der Waals surface area contributed by atoms with Gasteiger partial charge in [-0.25, -0.2) is 4.98 Å². The van der Waals surface area contributed by atoms with Gasteiger partial charge in [0.05, 0.1) is 11.1 Å². The number of thiophene rings is 1. The summed E-state index contributed by atoms with van der Waals surface area (Å²) in [5.41, 5.74) is 1.32. The zero-order valence-electron chi connectivity index (χ0n) is 14.8. The maximum Gasteiger partial charge on any atom is 0.417 e. The molecule has 0 bridgehead atoms.